The first kappa shape index (κ1) is 22.1. The molecule has 0 radical (unpaired) electrons. The van der Waals surface area contributed by atoms with Gasteiger partial charge in [-0.05, 0) is 60.2 Å². The van der Waals surface area contributed by atoms with Crippen molar-refractivity contribution in [2.45, 2.75) is 0 Å². The zero-order valence-electron chi connectivity index (χ0n) is 17.4. The summed E-state index contributed by atoms with van der Waals surface area (Å²) >= 11 is 0. The topological polar surface area (TPSA) is 100 Å². The number of hydrogen-bond donors (Lipinski definition) is 2. The van der Waals surface area contributed by atoms with Crippen molar-refractivity contribution < 1.29 is 19.1 Å². The molecule has 0 aromatic heterocycles. The second kappa shape index (κ2) is 11.0. The maximum atomic E-state index is 12.4. The molecule has 0 saturated carbocycles. The molecule has 0 heterocycles. The van der Waals surface area contributed by atoms with Crippen LogP contribution < -0.4 is 20.1 Å². The SMILES string of the molecule is COc1ccc(NC(=O)/C(C#N)=C/c2ccc(OCC(=O)Nc3ccccc3)cc2)cc1. The van der Waals surface area contributed by atoms with Gasteiger partial charge in [0.25, 0.3) is 11.8 Å². The Balaban J connectivity index is 1.56. The number of para-hydroxylation sites is 1. The highest BCUT2D eigenvalue weighted by Crippen LogP contribution is 2.18. The molecule has 7 nitrogen and oxygen atoms in total. The Hall–Kier alpha value is -4.57. The van der Waals surface area contributed by atoms with Gasteiger partial charge in [0.2, 0.25) is 0 Å². The van der Waals surface area contributed by atoms with Crippen LogP contribution in [0.4, 0.5) is 11.4 Å². The van der Waals surface area contributed by atoms with E-state index in [9.17, 15) is 14.9 Å². The van der Waals surface area contributed by atoms with Crippen LogP contribution in [0.2, 0.25) is 0 Å². The Morgan fingerprint density at radius 3 is 2.12 bits per heavy atom. The number of anilines is 2. The molecule has 0 aliphatic heterocycles. The van der Waals surface area contributed by atoms with E-state index in [2.05, 4.69) is 10.6 Å². The van der Waals surface area contributed by atoms with Crippen molar-refractivity contribution in [1.82, 2.24) is 0 Å². The van der Waals surface area contributed by atoms with E-state index >= 15 is 0 Å². The van der Waals surface area contributed by atoms with E-state index in [4.69, 9.17) is 9.47 Å². The zero-order valence-corrected chi connectivity index (χ0v) is 17.4. The first-order valence-corrected chi connectivity index (χ1v) is 9.72. The van der Waals surface area contributed by atoms with Crippen LogP contribution in [0.25, 0.3) is 6.08 Å². The Bertz CT molecular complexity index is 1130. The van der Waals surface area contributed by atoms with Crippen LogP contribution in [-0.2, 0) is 9.59 Å². The number of hydrogen-bond acceptors (Lipinski definition) is 5. The molecule has 0 aliphatic carbocycles. The molecule has 3 rings (SSSR count). The third-order valence-corrected chi connectivity index (χ3v) is 4.33. The lowest BCUT2D eigenvalue weighted by molar-refractivity contribution is -0.118. The van der Waals surface area contributed by atoms with Crippen molar-refractivity contribution in [3.05, 3.63) is 90.0 Å². The molecule has 0 aliphatic rings. The van der Waals surface area contributed by atoms with Gasteiger partial charge < -0.3 is 20.1 Å². The van der Waals surface area contributed by atoms with Crippen LogP contribution >= 0.6 is 0 Å². The van der Waals surface area contributed by atoms with Gasteiger partial charge in [0.15, 0.2) is 6.61 Å². The minimum Gasteiger partial charge on any atom is -0.497 e. The summed E-state index contributed by atoms with van der Waals surface area (Å²) in [6, 6.07) is 24.5. The molecule has 0 fully saturated rings. The first-order valence-electron chi connectivity index (χ1n) is 9.72. The summed E-state index contributed by atoms with van der Waals surface area (Å²) in [6.45, 7) is -0.141. The summed E-state index contributed by atoms with van der Waals surface area (Å²) in [6.07, 6.45) is 1.48. The van der Waals surface area contributed by atoms with Crippen LogP contribution in [0.5, 0.6) is 11.5 Å². The Kier molecular flexibility index (Phi) is 7.60. The summed E-state index contributed by atoms with van der Waals surface area (Å²) < 4.78 is 10.6. The van der Waals surface area contributed by atoms with Gasteiger partial charge in [0, 0.05) is 11.4 Å². The molecule has 3 aromatic rings. The molecule has 2 amide bonds. The van der Waals surface area contributed by atoms with Crippen molar-refractivity contribution in [2.75, 3.05) is 24.4 Å². The molecule has 0 atom stereocenters. The molecule has 3 aromatic carbocycles. The number of methoxy groups -OCH3 is 1. The molecule has 0 unspecified atom stereocenters. The fraction of sp³-hybridized carbons (Fsp3) is 0.0800. The monoisotopic (exact) mass is 427 g/mol. The molecule has 160 valence electrons. The molecular formula is C25H21N3O4. The highest BCUT2D eigenvalue weighted by atomic mass is 16.5. The Morgan fingerprint density at radius 1 is 0.875 bits per heavy atom. The van der Waals surface area contributed by atoms with E-state index < -0.39 is 5.91 Å². The van der Waals surface area contributed by atoms with Crippen LogP contribution in [0.15, 0.2) is 84.4 Å². The number of nitrogens with zero attached hydrogens (tertiary/aromatic N) is 1. The molecule has 7 heteroatoms. The fourth-order valence-corrected chi connectivity index (χ4v) is 2.72. The van der Waals surface area contributed by atoms with Crippen LogP contribution in [0, 0.1) is 11.3 Å². The number of nitrogens with one attached hydrogen (secondary N) is 2. The number of benzene rings is 3. The predicted molar refractivity (Wildman–Crippen MR) is 122 cm³/mol. The van der Waals surface area contributed by atoms with Gasteiger partial charge in [0.05, 0.1) is 7.11 Å². The highest BCUT2D eigenvalue weighted by molar-refractivity contribution is 6.09. The second-order valence-corrected chi connectivity index (χ2v) is 6.62. The molecule has 0 bridgehead atoms. The van der Waals surface area contributed by atoms with Gasteiger partial charge in [-0.2, -0.15) is 5.26 Å². The second-order valence-electron chi connectivity index (χ2n) is 6.62. The lowest BCUT2D eigenvalue weighted by Crippen LogP contribution is -2.20. The third kappa shape index (κ3) is 6.47. The number of carbonyl (C=O) groups excluding carboxylic acids is 2. The van der Waals surface area contributed by atoms with Gasteiger partial charge in [0.1, 0.15) is 23.1 Å². The smallest absolute Gasteiger partial charge is 0.266 e. The van der Waals surface area contributed by atoms with E-state index in [0.29, 0.717) is 28.4 Å². The number of amides is 2. The van der Waals surface area contributed by atoms with E-state index in [1.54, 1.807) is 67.8 Å². The predicted octanol–water partition coefficient (Wildman–Crippen LogP) is 4.26. The van der Waals surface area contributed by atoms with Crippen molar-refractivity contribution in [2.24, 2.45) is 0 Å². The summed E-state index contributed by atoms with van der Waals surface area (Å²) in [5, 5.41) is 14.8. The van der Waals surface area contributed by atoms with Gasteiger partial charge >= 0.3 is 0 Å². The van der Waals surface area contributed by atoms with Crippen molar-refractivity contribution in [1.29, 1.82) is 5.26 Å². The highest BCUT2D eigenvalue weighted by Gasteiger charge is 2.10. The molecule has 32 heavy (non-hydrogen) atoms. The quantitative estimate of drug-likeness (QED) is 0.413. The minimum absolute atomic E-state index is 0.0447. The van der Waals surface area contributed by atoms with Crippen molar-refractivity contribution in [3.8, 4) is 17.6 Å². The summed E-state index contributed by atoms with van der Waals surface area (Å²) in [4.78, 5) is 24.4. The number of rotatable bonds is 8. The normalized spacial score (nSPS) is 10.6. The summed E-state index contributed by atoms with van der Waals surface area (Å²) in [5.41, 5.74) is 1.84. The van der Waals surface area contributed by atoms with Gasteiger partial charge in [-0.3, -0.25) is 9.59 Å². The third-order valence-electron chi connectivity index (χ3n) is 4.33. The van der Waals surface area contributed by atoms with Crippen LogP contribution in [-0.4, -0.2) is 25.5 Å². The molecule has 0 saturated heterocycles. The minimum atomic E-state index is -0.518. The van der Waals surface area contributed by atoms with Gasteiger partial charge in [-0.15, -0.1) is 0 Å². The molecule has 0 spiro atoms. The number of ether oxygens (including phenoxy) is 2. The van der Waals surface area contributed by atoms with E-state index in [0.717, 1.165) is 0 Å². The maximum absolute atomic E-state index is 12.4. The van der Waals surface area contributed by atoms with Crippen LogP contribution in [0.3, 0.4) is 0 Å². The number of nitriles is 1. The average molecular weight is 427 g/mol. The first-order chi connectivity index (χ1) is 15.6. The van der Waals surface area contributed by atoms with Gasteiger partial charge in [-0.25, -0.2) is 0 Å². The number of carbonyl (C=O) groups is 2. The largest absolute Gasteiger partial charge is 0.497 e. The van der Waals surface area contributed by atoms with E-state index in [-0.39, 0.29) is 18.1 Å². The summed E-state index contributed by atoms with van der Waals surface area (Å²) in [7, 11) is 1.56. The molecular weight excluding hydrogens is 406 g/mol. The zero-order chi connectivity index (χ0) is 22.8. The average Bonchev–Trinajstić information content (AvgIpc) is 2.83. The van der Waals surface area contributed by atoms with Crippen molar-refractivity contribution >= 4 is 29.3 Å². The Morgan fingerprint density at radius 2 is 1.50 bits per heavy atom. The van der Waals surface area contributed by atoms with Gasteiger partial charge in [-0.1, -0.05) is 30.3 Å². The Labute approximate surface area is 185 Å². The summed E-state index contributed by atoms with van der Waals surface area (Å²) in [5.74, 6) is 0.364. The maximum Gasteiger partial charge on any atom is 0.266 e. The van der Waals surface area contributed by atoms with E-state index in [1.165, 1.54) is 6.08 Å². The van der Waals surface area contributed by atoms with Crippen LogP contribution in [0.1, 0.15) is 5.56 Å². The molecule has 2 N–H and O–H groups in total. The standard InChI is InChI=1S/C25H21N3O4/c1-31-22-13-9-21(10-14-22)28-25(30)19(16-26)15-18-7-11-23(12-8-18)32-17-24(29)27-20-5-3-2-4-6-20/h2-15H,17H2,1H3,(H,27,29)(H,28,30)/b19-15+. The lowest BCUT2D eigenvalue weighted by atomic mass is 10.1. The lowest BCUT2D eigenvalue weighted by Gasteiger charge is -2.08. The van der Waals surface area contributed by atoms with Crippen molar-refractivity contribution in [3.63, 3.8) is 0 Å². The fourth-order valence-electron chi connectivity index (χ4n) is 2.72. The van der Waals surface area contributed by atoms with E-state index in [1.807, 2.05) is 24.3 Å².